The van der Waals surface area contributed by atoms with Crippen molar-refractivity contribution < 1.29 is 52.8 Å². The molecular formula is C65H80N6O11. The van der Waals surface area contributed by atoms with Crippen molar-refractivity contribution in [1.29, 1.82) is 0 Å². The van der Waals surface area contributed by atoms with Crippen LogP contribution < -0.4 is 26.6 Å². The largest absolute Gasteiger partial charge is 0.478 e. The van der Waals surface area contributed by atoms with Crippen molar-refractivity contribution in [2.24, 2.45) is 0 Å². The molecule has 0 aromatic heterocycles. The summed E-state index contributed by atoms with van der Waals surface area (Å²) >= 11 is 0. The zero-order valence-corrected chi connectivity index (χ0v) is 47.1. The third-order valence-corrected chi connectivity index (χ3v) is 12.8. The van der Waals surface area contributed by atoms with E-state index in [0.29, 0.717) is 61.6 Å². The molecule has 0 aliphatic carbocycles. The lowest BCUT2D eigenvalue weighted by atomic mass is 9.88. The second-order valence-corrected chi connectivity index (χ2v) is 21.6. The molecule has 5 amide bonds. The van der Waals surface area contributed by atoms with Gasteiger partial charge in [-0.05, 0) is 162 Å². The summed E-state index contributed by atoms with van der Waals surface area (Å²) in [6.07, 6.45) is 2.04. The summed E-state index contributed by atoms with van der Waals surface area (Å²) in [4.78, 5) is 73.3. The van der Waals surface area contributed by atoms with E-state index in [1.807, 2.05) is 83.8 Å². The van der Waals surface area contributed by atoms with E-state index in [0.717, 1.165) is 48.2 Å². The average Bonchev–Trinajstić information content (AvgIpc) is 3.50. The predicted octanol–water partition coefficient (Wildman–Crippen LogP) is 13.4. The fourth-order valence-corrected chi connectivity index (χ4v) is 8.87. The van der Waals surface area contributed by atoms with Gasteiger partial charge < -0.3 is 44.9 Å². The summed E-state index contributed by atoms with van der Waals surface area (Å²) in [7, 11) is 0. The van der Waals surface area contributed by atoms with Gasteiger partial charge in [-0.3, -0.25) is 15.4 Å². The van der Waals surface area contributed by atoms with Crippen molar-refractivity contribution in [3.8, 4) is 0 Å². The number of carboxylic acids is 1. The Morgan fingerprint density at radius 3 is 1.34 bits per heavy atom. The van der Waals surface area contributed by atoms with E-state index < -0.39 is 35.5 Å². The van der Waals surface area contributed by atoms with Crippen LogP contribution in [0.1, 0.15) is 141 Å². The lowest BCUT2D eigenvalue weighted by Crippen LogP contribution is -2.38. The number of anilines is 2. The van der Waals surface area contributed by atoms with E-state index in [1.54, 1.807) is 77.9 Å². The number of benzene rings is 6. The molecule has 0 unspecified atom stereocenters. The fraction of sp³-hybridized carbons (Fsp3) is 0.354. The number of carboxylic acid groups (broad SMARTS) is 1. The first-order valence-corrected chi connectivity index (χ1v) is 27.3. The highest BCUT2D eigenvalue weighted by atomic mass is 16.6. The van der Waals surface area contributed by atoms with E-state index in [1.165, 1.54) is 36.1 Å². The molecule has 0 radical (unpaired) electrons. The van der Waals surface area contributed by atoms with Crippen LogP contribution >= 0.6 is 0 Å². The van der Waals surface area contributed by atoms with Gasteiger partial charge in [-0.25, -0.2) is 24.0 Å². The Kier molecular flexibility index (Phi) is 25.0. The highest BCUT2D eigenvalue weighted by Crippen LogP contribution is 2.30. The van der Waals surface area contributed by atoms with Gasteiger partial charge in [0.25, 0.3) is 5.91 Å². The van der Waals surface area contributed by atoms with E-state index in [2.05, 4.69) is 56.9 Å². The number of rotatable bonds is 14. The molecule has 0 atom stereocenters. The molecule has 8 rings (SSSR count). The molecule has 17 heteroatoms. The molecule has 0 saturated carbocycles. The maximum absolute atomic E-state index is 13.2. The molecule has 6 N–H and O–H groups in total. The van der Waals surface area contributed by atoms with Crippen LogP contribution in [0.2, 0.25) is 0 Å². The Hall–Kier alpha value is -8.70. The van der Waals surface area contributed by atoms with Crippen LogP contribution in [0.15, 0.2) is 158 Å². The Bertz CT molecular complexity index is 3000. The summed E-state index contributed by atoms with van der Waals surface area (Å²) in [5.41, 5.74) is 6.96. The Morgan fingerprint density at radius 2 is 0.902 bits per heavy atom. The van der Waals surface area contributed by atoms with Gasteiger partial charge in [-0.15, -0.1) is 0 Å². The minimum Gasteiger partial charge on any atom is -0.478 e. The number of nitrogens with zero attached hydrogens (tertiary/aromatic N) is 1. The maximum atomic E-state index is 13.2. The molecule has 17 nitrogen and oxygen atoms in total. The molecule has 2 fully saturated rings. The molecule has 82 heavy (non-hydrogen) atoms. The summed E-state index contributed by atoms with van der Waals surface area (Å²) in [5.74, 6) is -0.151. The number of hydrogen-bond donors (Lipinski definition) is 6. The predicted molar refractivity (Wildman–Crippen MR) is 319 cm³/mol. The number of alkyl carbamates (subject to hydrolysis) is 2. The van der Waals surface area contributed by atoms with Gasteiger partial charge in [0.1, 0.15) is 24.4 Å². The zero-order valence-electron chi connectivity index (χ0n) is 47.1. The first kappa shape index (κ1) is 64.1. The number of piperidine rings is 2. The quantitative estimate of drug-likeness (QED) is 0.0561. The van der Waals surface area contributed by atoms with Gasteiger partial charge in [-0.2, -0.15) is 0 Å². The molecule has 6 aromatic rings. The Labute approximate surface area is 482 Å². The molecule has 436 valence electrons. The van der Waals surface area contributed by atoms with Crippen molar-refractivity contribution >= 4 is 47.6 Å². The lowest BCUT2D eigenvalue weighted by molar-refractivity contribution is 0.0624. The minimum atomic E-state index is -1.04. The molecule has 2 aliphatic heterocycles. The highest BCUT2D eigenvalue weighted by Gasteiger charge is 2.26. The van der Waals surface area contributed by atoms with Crippen molar-refractivity contribution in [3.63, 3.8) is 0 Å². The Morgan fingerprint density at radius 1 is 0.500 bits per heavy atom. The number of nitrogens with one attached hydrogen (secondary N) is 5. The molecule has 2 aliphatic rings. The van der Waals surface area contributed by atoms with Crippen LogP contribution in [0.5, 0.6) is 0 Å². The second kappa shape index (κ2) is 31.9. The Balaban J connectivity index is 0.000000248. The van der Waals surface area contributed by atoms with Crippen LogP contribution in [0.4, 0.5) is 30.6 Å². The summed E-state index contributed by atoms with van der Waals surface area (Å²) in [5, 5.41) is 23.0. The SMILES string of the molecule is C.CC(C)(C)OC(=O)Nc1cccc(C(=O)N2CCC(c3cccc(CNC(=O)OCc4ccccc4)c3)CC2)c1.CC(C)(C)OC(=O)Nc1cccc(C(=O)O)c1.O=C(NCc1cccc(C2CCNCC2)c1)OCc1ccccc1. The fourth-order valence-electron chi connectivity index (χ4n) is 8.87. The topological polar surface area (TPSA) is 223 Å². The minimum absolute atomic E-state index is 0. The number of amides is 5. The summed E-state index contributed by atoms with van der Waals surface area (Å²) in [6.45, 7) is 15.5. The standard InChI is InChI=1S/C32H37N3O5.C20H24N2O2.C12H15NO4.CH4/c1-32(2,3)40-31(38)34-28-14-8-13-27(20-28)29(36)35-17-15-25(16-18-35)26-12-7-11-24(19-26)21-33-30(37)39-22-23-9-5-4-6-10-23;23-20(24-15-16-5-2-1-3-6-16)22-14-17-7-4-8-19(13-17)18-9-11-21-12-10-18;1-12(2,3)17-11(16)13-9-6-4-5-8(7-9)10(14)15;/h4-14,19-20,25H,15-18,21-22H2,1-3H3,(H,33,37)(H,34,38);1-8,13,18,21H,9-12,14-15H2,(H,22,23);4-7H,1-3H3,(H,13,16)(H,14,15);1H4. The number of likely N-dealkylation sites (tertiary alicyclic amines) is 1. The molecule has 2 saturated heterocycles. The van der Waals surface area contributed by atoms with Crippen molar-refractivity contribution in [3.05, 3.63) is 202 Å². The van der Waals surface area contributed by atoms with Gasteiger partial charge >= 0.3 is 30.3 Å². The molecule has 6 aromatic carbocycles. The van der Waals surface area contributed by atoms with Crippen LogP contribution in [0, 0.1) is 0 Å². The van der Waals surface area contributed by atoms with Crippen LogP contribution in [-0.4, -0.2) is 83.6 Å². The molecular weight excluding hydrogens is 1040 g/mol. The number of ether oxygens (including phenoxy) is 4. The summed E-state index contributed by atoms with van der Waals surface area (Å²) in [6, 6.07) is 48.9. The average molecular weight is 1120 g/mol. The number of hydrogen-bond acceptors (Lipinski definition) is 11. The van der Waals surface area contributed by atoms with Crippen LogP contribution in [-0.2, 0) is 45.3 Å². The van der Waals surface area contributed by atoms with Crippen molar-refractivity contribution in [2.45, 2.75) is 124 Å². The third kappa shape index (κ3) is 23.2. The monoisotopic (exact) mass is 1120 g/mol. The molecule has 0 spiro atoms. The number of aromatic carboxylic acids is 1. The number of carbonyl (C=O) groups is 6. The normalized spacial score (nSPS) is 13.4. The number of carbonyl (C=O) groups excluding carboxylic acids is 5. The molecule has 0 bridgehead atoms. The van der Waals surface area contributed by atoms with Gasteiger partial charge in [0.2, 0.25) is 0 Å². The van der Waals surface area contributed by atoms with Crippen molar-refractivity contribution in [2.75, 3.05) is 36.8 Å². The van der Waals surface area contributed by atoms with Crippen molar-refractivity contribution in [1.82, 2.24) is 20.9 Å². The van der Waals surface area contributed by atoms with Crippen LogP contribution in [0.25, 0.3) is 0 Å². The van der Waals surface area contributed by atoms with E-state index in [4.69, 9.17) is 24.1 Å². The molecule has 2 heterocycles. The van der Waals surface area contributed by atoms with Gasteiger partial charge in [0.05, 0.1) is 5.56 Å². The van der Waals surface area contributed by atoms with Gasteiger partial charge in [-0.1, -0.05) is 129 Å². The van der Waals surface area contributed by atoms with Crippen LogP contribution in [0.3, 0.4) is 0 Å². The van der Waals surface area contributed by atoms with E-state index in [9.17, 15) is 28.8 Å². The lowest BCUT2D eigenvalue weighted by Gasteiger charge is -2.32. The smallest absolute Gasteiger partial charge is 0.412 e. The first-order chi connectivity index (χ1) is 38.7. The second-order valence-electron chi connectivity index (χ2n) is 21.6. The summed E-state index contributed by atoms with van der Waals surface area (Å²) < 4.78 is 20.9. The first-order valence-electron chi connectivity index (χ1n) is 27.3. The highest BCUT2D eigenvalue weighted by molar-refractivity contribution is 5.96. The zero-order chi connectivity index (χ0) is 58.2. The maximum Gasteiger partial charge on any atom is 0.412 e. The van der Waals surface area contributed by atoms with Gasteiger partial charge in [0, 0.05) is 43.1 Å². The third-order valence-electron chi connectivity index (χ3n) is 12.8. The van der Waals surface area contributed by atoms with E-state index in [-0.39, 0.29) is 31.6 Å². The van der Waals surface area contributed by atoms with Gasteiger partial charge in [0.15, 0.2) is 0 Å². The van der Waals surface area contributed by atoms with E-state index >= 15 is 0 Å².